The van der Waals surface area contributed by atoms with E-state index in [1.165, 1.54) is 0 Å². The summed E-state index contributed by atoms with van der Waals surface area (Å²) in [6.45, 7) is 5.53. The molecule has 0 aliphatic carbocycles. The fraction of sp³-hybridized carbons (Fsp3) is 0.500. The van der Waals surface area contributed by atoms with Crippen LogP contribution in [0.4, 0.5) is 0 Å². The van der Waals surface area contributed by atoms with Crippen molar-refractivity contribution in [2.75, 3.05) is 0 Å². The van der Waals surface area contributed by atoms with Crippen LogP contribution in [0.15, 0.2) is 30.3 Å². The highest BCUT2D eigenvalue weighted by atomic mass is 16.6. The van der Waals surface area contributed by atoms with Gasteiger partial charge < -0.3 is 15.2 Å². The molecule has 0 radical (unpaired) electrons. The van der Waals surface area contributed by atoms with Gasteiger partial charge in [-0.1, -0.05) is 30.3 Å². The van der Waals surface area contributed by atoms with Crippen LogP contribution in [0, 0.1) is 0 Å². The molecule has 1 rings (SSSR count). The molecule has 1 aromatic carbocycles. The summed E-state index contributed by atoms with van der Waals surface area (Å²) < 4.78 is 10.3. The summed E-state index contributed by atoms with van der Waals surface area (Å²) in [4.78, 5) is 23.2. The van der Waals surface area contributed by atoms with Gasteiger partial charge in [0.15, 0.2) is 0 Å². The van der Waals surface area contributed by atoms with Crippen molar-refractivity contribution in [3.63, 3.8) is 0 Å². The second-order valence-electron chi connectivity index (χ2n) is 5.82. The fourth-order valence-electron chi connectivity index (χ4n) is 1.58. The van der Waals surface area contributed by atoms with E-state index in [1.54, 1.807) is 20.8 Å². The van der Waals surface area contributed by atoms with Crippen LogP contribution >= 0.6 is 0 Å². The highest BCUT2D eigenvalue weighted by Gasteiger charge is 2.22. The number of nitrogens with two attached hydrogens (primary N) is 1. The van der Waals surface area contributed by atoms with Crippen molar-refractivity contribution in [3.05, 3.63) is 35.9 Å². The van der Waals surface area contributed by atoms with Crippen LogP contribution in [0.2, 0.25) is 0 Å². The summed E-state index contributed by atoms with van der Waals surface area (Å²) in [5, 5.41) is 0. The maximum absolute atomic E-state index is 11.7. The lowest BCUT2D eigenvalue weighted by molar-refractivity contribution is -0.156. The van der Waals surface area contributed by atoms with Gasteiger partial charge in [0.2, 0.25) is 0 Å². The first-order chi connectivity index (χ1) is 9.78. The van der Waals surface area contributed by atoms with Gasteiger partial charge in [0, 0.05) is 6.42 Å². The summed E-state index contributed by atoms with van der Waals surface area (Å²) in [5.41, 5.74) is 6.04. The van der Waals surface area contributed by atoms with Crippen molar-refractivity contribution in [1.82, 2.24) is 0 Å². The van der Waals surface area contributed by atoms with Crippen molar-refractivity contribution >= 4 is 11.9 Å². The monoisotopic (exact) mass is 293 g/mol. The molecule has 0 saturated carbocycles. The van der Waals surface area contributed by atoms with Crippen LogP contribution in [0.3, 0.4) is 0 Å². The molecule has 21 heavy (non-hydrogen) atoms. The van der Waals surface area contributed by atoms with Gasteiger partial charge in [0.25, 0.3) is 0 Å². The number of hydrogen-bond donors (Lipinski definition) is 1. The minimum absolute atomic E-state index is 0.0905. The summed E-state index contributed by atoms with van der Waals surface area (Å²) in [6, 6.07) is 8.59. The Balaban J connectivity index is 2.28. The average molecular weight is 293 g/mol. The highest BCUT2D eigenvalue weighted by Crippen LogP contribution is 2.10. The zero-order chi connectivity index (χ0) is 15.9. The molecule has 0 amide bonds. The quantitative estimate of drug-likeness (QED) is 0.813. The zero-order valence-electron chi connectivity index (χ0n) is 12.8. The molecular formula is C16H23NO4. The molecule has 0 aromatic heterocycles. The molecule has 116 valence electrons. The number of benzene rings is 1. The van der Waals surface area contributed by atoms with Gasteiger partial charge in [-0.3, -0.25) is 9.59 Å². The smallest absolute Gasteiger partial charge is 0.323 e. The lowest BCUT2D eigenvalue weighted by atomic mass is 10.1. The number of hydrogen-bond acceptors (Lipinski definition) is 5. The first-order valence-corrected chi connectivity index (χ1v) is 6.96. The summed E-state index contributed by atoms with van der Waals surface area (Å²) in [7, 11) is 0. The van der Waals surface area contributed by atoms with Gasteiger partial charge in [0.1, 0.15) is 18.2 Å². The third-order valence-corrected chi connectivity index (χ3v) is 2.61. The Bertz CT molecular complexity index is 465. The molecule has 1 aromatic rings. The van der Waals surface area contributed by atoms with Gasteiger partial charge in [-0.15, -0.1) is 0 Å². The van der Waals surface area contributed by atoms with E-state index in [4.69, 9.17) is 15.2 Å². The minimum Gasteiger partial charge on any atom is -0.461 e. The summed E-state index contributed by atoms with van der Waals surface area (Å²) in [6.07, 6.45) is 0.301. The molecule has 5 heteroatoms. The zero-order valence-corrected chi connectivity index (χ0v) is 12.8. The SMILES string of the molecule is CC(C)(C)OC(=O)C(N)CCC(=O)OCc1ccccc1. The van der Waals surface area contributed by atoms with E-state index in [-0.39, 0.29) is 25.4 Å². The van der Waals surface area contributed by atoms with Gasteiger partial charge in [-0.2, -0.15) is 0 Å². The molecule has 1 unspecified atom stereocenters. The molecule has 1 atom stereocenters. The van der Waals surface area contributed by atoms with Crippen molar-refractivity contribution in [2.24, 2.45) is 5.73 Å². The number of rotatable bonds is 6. The molecule has 0 heterocycles. The molecule has 0 aliphatic rings. The Labute approximate surface area is 125 Å². The second kappa shape index (κ2) is 7.78. The molecule has 0 spiro atoms. The van der Waals surface area contributed by atoms with Crippen LogP contribution in [-0.2, 0) is 25.7 Å². The van der Waals surface area contributed by atoms with Gasteiger partial charge in [-0.25, -0.2) is 0 Å². The van der Waals surface area contributed by atoms with Gasteiger partial charge >= 0.3 is 11.9 Å². The average Bonchev–Trinajstić information content (AvgIpc) is 2.41. The Morgan fingerprint density at radius 1 is 1.19 bits per heavy atom. The lowest BCUT2D eigenvalue weighted by Gasteiger charge is -2.22. The van der Waals surface area contributed by atoms with E-state index in [2.05, 4.69) is 0 Å². The summed E-state index contributed by atoms with van der Waals surface area (Å²) >= 11 is 0. The maximum atomic E-state index is 11.7. The van der Waals surface area contributed by atoms with Crippen molar-refractivity contribution in [1.29, 1.82) is 0 Å². The highest BCUT2D eigenvalue weighted by molar-refractivity contribution is 5.77. The van der Waals surface area contributed by atoms with Crippen molar-refractivity contribution in [3.8, 4) is 0 Å². The molecular weight excluding hydrogens is 270 g/mol. The van der Waals surface area contributed by atoms with E-state index in [0.29, 0.717) is 0 Å². The van der Waals surface area contributed by atoms with Crippen molar-refractivity contribution < 1.29 is 19.1 Å². The van der Waals surface area contributed by atoms with Crippen LogP contribution in [-0.4, -0.2) is 23.6 Å². The predicted octanol–water partition coefficient (Wildman–Crippen LogP) is 2.18. The third kappa shape index (κ3) is 7.46. The molecule has 0 aliphatic heterocycles. The number of carbonyl (C=O) groups excluding carboxylic acids is 2. The maximum Gasteiger partial charge on any atom is 0.323 e. The second-order valence-corrected chi connectivity index (χ2v) is 5.82. The molecule has 2 N–H and O–H groups in total. The van der Waals surface area contributed by atoms with Gasteiger partial charge in [-0.05, 0) is 32.8 Å². The molecule has 0 saturated heterocycles. The third-order valence-electron chi connectivity index (χ3n) is 2.61. The van der Waals surface area contributed by atoms with E-state index in [0.717, 1.165) is 5.56 Å². The first kappa shape index (κ1) is 17.2. The molecule has 0 fully saturated rings. The normalized spacial score (nSPS) is 12.6. The standard InChI is InChI=1S/C16H23NO4/c1-16(2,3)21-15(19)13(17)9-10-14(18)20-11-12-7-5-4-6-8-12/h4-8,13H,9-11,17H2,1-3H3. The van der Waals surface area contributed by atoms with Crippen LogP contribution < -0.4 is 5.73 Å². The first-order valence-electron chi connectivity index (χ1n) is 6.96. The van der Waals surface area contributed by atoms with Crippen LogP contribution in [0.5, 0.6) is 0 Å². The van der Waals surface area contributed by atoms with E-state index < -0.39 is 17.6 Å². The Morgan fingerprint density at radius 3 is 2.38 bits per heavy atom. The van der Waals surface area contributed by atoms with E-state index in [1.807, 2.05) is 30.3 Å². The van der Waals surface area contributed by atoms with Crippen molar-refractivity contribution in [2.45, 2.75) is 51.9 Å². The number of esters is 2. The van der Waals surface area contributed by atoms with Crippen LogP contribution in [0.1, 0.15) is 39.2 Å². The number of ether oxygens (including phenoxy) is 2. The van der Waals surface area contributed by atoms with Gasteiger partial charge in [0.05, 0.1) is 0 Å². The lowest BCUT2D eigenvalue weighted by Crippen LogP contribution is -2.37. The Kier molecular flexibility index (Phi) is 6.37. The topological polar surface area (TPSA) is 78.6 Å². The van der Waals surface area contributed by atoms with Crippen LogP contribution in [0.25, 0.3) is 0 Å². The molecule has 5 nitrogen and oxygen atoms in total. The van der Waals surface area contributed by atoms with E-state index in [9.17, 15) is 9.59 Å². The largest absolute Gasteiger partial charge is 0.461 e. The fourth-order valence-corrected chi connectivity index (χ4v) is 1.58. The number of carbonyl (C=O) groups is 2. The predicted molar refractivity (Wildman–Crippen MR) is 79.3 cm³/mol. The Morgan fingerprint density at radius 2 is 1.81 bits per heavy atom. The Hall–Kier alpha value is -1.88. The molecule has 0 bridgehead atoms. The van der Waals surface area contributed by atoms with E-state index >= 15 is 0 Å². The summed E-state index contributed by atoms with van der Waals surface area (Å²) in [5.74, 6) is -0.878. The minimum atomic E-state index is -0.812.